The average molecular weight is 246 g/mol. The molecule has 0 heterocycles. The first-order chi connectivity index (χ1) is 8.31. The van der Waals surface area contributed by atoms with Crippen molar-refractivity contribution in [3.63, 3.8) is 0 Å². The van der Waals surface area contributed by atoms with E-state index in [-0.39, 0.29) is 5.92 Å². The quantitative estimate of drug-likeness (QED) is 0.720. The van der Waals surface area contributed by atoms with Crippen molar-refractivity contribution in [1.29, 1.82) is 5.26 Å². The molecular weight excluding hydrogens is 230 g/mol. The van der Waals surface area contributed by atoms with Crippen molar-refractivity contribution in [3.8, 4) is 6.07 Å². The highest BCUT2D eigenvalue weighted by Gasteiger charge is 2.44. The molecule has 0 spiro atoms. The minimum Gasteiger partial charge on any atom is -0.198 e. The van der Waals surface area contributed by atoms with Gasteiger partial charge in [-0.05, 0) is 49.1 Å². The van der Waals surface area contributed by atoms with Crippen LogP contribution in [0.15, 0.2) is 24.3 Å². The Morgan fingerprint density at radius 3 is 2.35 bits per heavy atom. The Kier molecular flexibility index (Phi) is 2.84. The lowest BCUT2D eigenvalue weighted by Gasteiger charge is -2.46. The number of rotatable bonds is 1. The lowest BCUT2D eigenvalue weighted by molar-refractivity contribution is 0.101. The summed E-state index contributed by atoms with van der Waals surface area (Å²) < 4.78 is 0. The number of benzene rings is 1. The molecule has 1 nitrogen and oxygen atoms in total. The largest absolute Gasteiger partial charge is 0.198 e. The van der Waals surface area contributed by atoms with Crippen LogP contribution in [-0.4, -0.2) is 0 Å². The van der Waals surface area contributed by atoms with E-state index in [9.17, 15) is 5.26 Å². The summed E-state index contributed by atoms with van der Waals surface area (Å²) in [5.41, 5.74) is 1.20. The number of fused-ring (bicyclic) bond motifs is 3. The van der Waals surface area contributed by atoms with E-state index in [1.807, 2.05) is 18.2 Å². The van der Waals surface area contributed by atoms with Gasteiger partial charge in [0.1, 0.15) is 0 Å². The molecule has 0 N–H and O–H groups in total. The van der Waals surface area contributed by atoms with Gasteiger partial charge in [-0.2, -0.15) is 5.26 Å². The zero-order valence-electron chi connectivity index (χ0n) is 9.77. The van der Waals surface area contributed by atoms with Crippen molar-refractivity contribution in [2.45, 2.75) is 31.6 Å². The van der Waals surface area contributed by atoms with E-state index in [1.54, 1.807) is 0 Å². The molecule has 3 aliphatic carbocycles. The molecule has 2 atom stereocenters. The summed E-state index contributed by atoms with van der Waals surface area (Å²) in [4.78, 5) is 0. The molecular formula is C15H16ClN. The van der Waals surface area contributed by atoms with Crippen molar-refractivity contribution in [3.05, 3.63) is 34.9 Å². The normalized spacial score (nSPS) is 35.5. The van der Waals surface area contributed by atoms with Crippen LogP contribution in [0.1, 0.15) is 37.2 Å². The molecule has 2 unspecified atom stereocenters. The van der Waals surface area contributed by atoms with E-state index in [1.165, 1.54) is 31.2 Å². The van der Waals surface area contributed by atoms with Crippen LogP contribution < -0.4 is 0 Å². The number of halogens is 1. The van der Waals surface area contributed by atoms with Crippen LogP contribution in [0.2, 0.25) is 5.02 Å². The second-order valence-electron chi connectivity index (χ2n) is 5.38. The van der Waals surface area contributed by atoms with E-state index >= 15 is 0 Å². The Hall–Kier alpha value is -1.00. The number of hydrogen-bond acceptors (Lipinski definition) is 1. The fourth-order valence-corrected chi connectivity index (χ4v) is 4.09. The molecule has 2 bridgehead atoms. The van der Waals surface area contributed by atoms with Gasteiger partial charge in [0.05, 0.1) is 12.0 Å². The van der Waals surface area contributed by atoms with Crippen LogP contribution >= 0.6 is 11.6 Å². The number of nitriles is 1. The summed E-state index contributed by atoms with van der Waals surface area (Å²) in [6.45, 7) is 0. The molecule has 3 aliphatic rings. The lowest BCUT2D eigenvalue weighted by Crippen LogP contribution is -2.37. The highest BCUT2D eigenvalue weighted by atomic mass is 35.5. The van der Waals surface area contributed by atoms with Gasteiger partial charge < -0.3 is 0 Å². The molecule has 3 saturated carbocycles. The summed E-state index contributed by atoms with van der Waals surface area (Å²) in [6.07, 6.45) is 5.03. The van der Waals surface area contributed by atoms with Gasteiger partial charge >= 0.3 is 0 Å². The van der Waals surface area contributed by atoms with Gasteiger partial charge in [-0.3, -0.25) is 0 Å². The molecule has 0 amide bonds. The van der Waals surface area contributed by atoms with Crippen LogP contribution in [0, 0.1) is 29.1 Å². The Morgan fingerprint density at radius 1 is 1.06 bits per heavy atom. The Balaban J connectivity index is 2.02. The first kappa shape index (κ1) is 11.1. The summed E-state index contributed by atoms with van der Waals surface area (Å²) >= 11 is 6.31. The van der Waals surface area contributed by atoms with Crippen molar-refractivity contribution < 1.29 is 0 Å². The average Bonchev–Trinajstić information content (AvgIpc) is 2.39. The first-order valence-electron chi connectivity index (χ1n) is 6.45. The second-order valence-corrected chi connectivity index (χ2v) is 5.78. The molecule has 0 radical (unpaired) electrons. The second kappa shape index (κ2) is 4.35. The molecule has 88 valence electrons. The maximum atomic E-state index is 9.44. The molecule has 3 fully saturated rings. The molecule has 1 aromatic rings. The Morgan fingerprint density at radius 2 is 1.71 bits per heavy atom. The monoisotopic (exact) mass is 245 g/mol. The zero-order valence-corrected chi connectivity index (χ0v) is 10.5. The van der Waals surface area contributed by atoms with Gasteiger partial charge in [0, 0.05) is 10.9 Å². The van der Waals surface area contributed by atoms with Gasteiger partial charge in [0.25, 0.3) is 0 Å². The molecule has 4 rings (SSSR count). The van der Waals surface area contributed by atoms with Crippen molar-refractivity contribution in [2.24, 2.45) is 17.8 Å². The smallest absolute Gasteiger partial charge is 0.0665 e. The topological polar surface area (TPSA) is 23.8 Å². The van der Waals surface area contributed by atoms with E-state index in [0.717, 1.165) is 5.02 Å². The number of nitrogens with zero attached hydrogens (tertiary/aromatic N) is 1. The molecule has 17 heavy (non-hydrogen) atoms. The Labute approximate surface area is 107 Å². The third-order valence-corrected chi connectivity index (χ3v) is 4.98. The molecule has 0 aromatic heterocycles. The predicted molar refractivity (Wildman–Crippen MR) is 68.7 cm³/mol. The van der Waals surface area contributed by atoms with Crippen molar-refractivity contribution in [2.75, 3.05) is 0 Å². The van der Waals surface area contributed by atoms with Gasteiger partial charge in [-0.25, -0.2) is 0 Å². The molecule has 2 heteroatoms. The van der Waals surface area contributed by atoms with E-state index in [2.05, 4.69) is 12.1 Å². The number of hydrogen-bond donors (Lipinski definition) is 0. The first-order valence-corrected chi connectivity index (χ1v) is 6.83. The third kappa shape index (κ3) is 1.76. The van der Waals surface area contributed by atoms with Gasteiger partial charge in [-0.15, -0.1) is 0 Å². The summed E-state index contributed by atoms with van der Waals surface area (Å²) in [5.74, 6) is 1.83. The van der Waals surface area contributed by atoms with E-state index < -0.39 is 0 Å². The summed E-state index contributed by atoms with van der Waals surface area (Å²) in [7, 11) is 0. The lowest BCUT2D eigenvalue weighted by atomic mass is 9.57. The van der Waals surface area contributed by atoms with Crippen molar-refractivity contribution in [1.82, 2.24) is 0 Å². The van der Waals surface area contributed by atoms with Crippen LogP contribution in [0.25, 0.3) is 0 Å². The molecule has 0 aliphatic heterocycles. The molecule has 1 aromatic carbocycles. The van der Waals surface area contributed by atoms with E-state index in [4.69, 9.17) is 11.6 Å². The highest BCUT2D eigenvalue weighted by molar-refractivity contribution is 6.31. The predicted octanol–water partition coefficient (Wildman–Crippen LogP) is 4.38. The standard InChI is InChI=1S/C15H16ClN/c16-14-4-2-1-3-12(14)15-11-7-5-10(6-8-11)13(15)9-17/h1-4,10-11,13,15H,5-8H2. The van der Waals surface area contributed by atoms with Gasteiger partial charge in [-0.1, -0.05) is 29.8 Å². The van der Waals surface area contributed by atoms with Crippen molar-refractivity contribution >= 4 is 11.6 Å². The molecule has 0 saturated heterocycles. The SMILES string of the molecule is N#CC1C2CCC(CC2)C1c1ccccc1Cl. The van der Waals surface area contributed by atoms with Crippen LogP contribution in [-0.2, 0) is 0 Å². The summed E-state index contributed by atoms with van der Waals surface area (Å²) in [5, 5.41) is 10.3. The summed E-state index contributed by atoms with van der Waals surface area (Å²) in [6, 6.07) is 10.6. The Bertz CT molecular complexity index is 454. The maximum Gasteiger partial charge on any atom is 0.0665 e. The van der Waals surface area contributed by atoms with Crippen LogP contribution in [0.5, 0.6) is 0 Å². The highest BCUT2D eigenvalue weighted by Crippen LogP contribution is 2.54. The fourth-order valence-electron chi connectivity index (χ4n) is 3.83. The van der Waals surface area contributed by atoms with Gasteiger partial charge in [0.2, 0.25) is 0 Å². The minimum absolute atomic E-state index is 0.183. The fraction of sp³-hybridized carbons (Fsp3) is 0.533. The van der Waals surface area contributed by atoms with Gasteiger partial charge in [0.15, 0.2) is 0 Å². The van der Waals surface area contributed by atoms with E-state index in [0.29, 0.717) is 17.8 Å². The maximum absolute atomic E-state index is 9.44. The zero-order chi connectivity index (χ0) is 11.8. The minimum atomic E-state index is 0.183. The van der Waals surface area contributed by atoms with Crippen LogP contribution in [0.4, 0.5) is 0 Å². The van der Waals surface area contributed by atoms with Crippen LogP contribution in [0.3, 0.4) is 0 Å². The third-order valence-electron chi connectivity index (χ3n) is 4.63.